The second-order valence-corrected chi connectivity index (χ2v) is 4.82. The van der Waals surface area contributed by atoms with Crippen LogP contribution in [0.3, 0.4) is 0 Å². The summed E-state index contributed by atoms with van der Waals surface area (Å²) in [6.45, 7) is 1.84. The number of aryl methyl sites for hydroxylation is 1. The maximum atomic E-state index is 13.3. The van der Waals surface area contributed by atoms with Crippen LogP contribution in [0.5, 0.6) is 0 Å². The fraction of sp³-hybridized carbons (Fsp3) is 0.357. The Morgan fingerprint density at radius 2 is 2.19 bits per heavy atom. The molecule has 1 aliphatic heterocycles. The van der Waals surface area contributed by atoms with E-state index >= 15 is 0 Å². The molecular weight excluding hydrogens is 277 g/mol. The number of carbonyl (C=O) groups is 3. The Morgan fingerprint density at radius 1 is 1.43 bits per heavy atom. The van der Waals surface area contributed by atoms with Crippen LogP contribution in [0.4, 0.5) is 14.9 Å². The van der Waals surface area contributed by atoms with Crippen LogP contribution < -0.4 is 10.6 Å². The van der Waals surface area contributed by atoms with Crippen molar-refractivity contribution in [3.05, 3.63) is 29.6 Å². The molecule has 1 aromatic carbocycles. The largest absolute Gasteiger partial charge is 0.329 e. The number of hydrogen-bond acceptors (Lipinski definition) is 3. The van der Waals surface area contributed by atoms with Gasteiger partial charge in [0.1, 0.15) is 5.82 Å². The minimum atomic E-state index is -0.430. The Hall–Kier alpha value is -2.44. The molecule has 112 valence electrons. The minimum absolute atomic E-state index is 0.00761. The van der Waals surface area contributed by atoms with Crippen molar-refractivity contribution in [3.63, 3.8) is 0 Å². The summed E-state index contributed by atoms with van der Waals surface area (Å²) in [6.07, 6.45) is 0.506. The molecule has 0 atom stereocenters. The molecule has 1 heterocycles. The molecule has 7 heteroatoms. The van der Waals surface area contributed by atoms with Crippen LogP contribution in [0, 0.1) is 12.7 Å². The van der Waals surface area contributed by atoms with Gasteiger partial charge in [-0.25, -0.2) is 9.18 Å². The number of carbonyl (C=O) groups excluding carboxylic acids is 3. The summed E-state index contributed by atoms with van der Waals surface area (Å²) in [4.78, 5) is 35.4. The van der Waals surface area contributed by atoms with Gasteiger partial charge in [-0.15, -0.1) is 0 Å². The zero-order chi connectivity index (χ0) is 15.4. The monoisotopic (exact) mass is 293 g/mol. The van der Waals surface area contributed by atoms with Crippen molar-refractivity contribution in [3.8, 4) is 0 Å². The second-order valence-electron chi connectivity index (χ2n) is 4.82. The summed E-state index contributed by atoms with van der Waals surface area (Å²) in [5.74, 6) is -0.960. The molecule has 1 fully saturated rings. The van der Waals surface area contributed by atoms with Crippen molar-refractivity contribution in [1.82, 2.24) is 10.2 Å². The van der Waals surface area contributed by atoms with Gasteiger partial charge in [-0.1, -0.05) is 6.07 Å². The molecule has 2 rings (SSSR count). The van der Waals surface area contributed by atoms with Crippen LogP contribution in [0.25, 0.3) is 0 Å². The summed E-state index contributed by atoms with van der Waals surface area (Å²) in [5.41, 5.74) is 0.893. The topological polar surface area (TPSA) is 78.5 Å². The van der Waals surface area contributed by atoms with Gasteiger partial charge in [0.25, 0.3) is 0 Å². The van der Waals surface area contributed by atoms with Crippen LogP contribution >= 0.6 is 0 Å². The highest BCUT2D eigenvalue weighted by Crippen LogP contribution is 2.14. The molecule has 0 unspecified atom stereocenters. The van der Waals surface area contributed by atoms with Crippen LogP contribution in [0.15, 0.2) is 18.2 Å². The van der Waals surface area contributed by atoms with Gasteiger partial charge >= 0.3 is 6.03 Å². The van der Waals surface area contributed by atoms with Crippen molar-refractivity contribution in [2.75, 3.05) is 18.4 Å². The van der Waals surface area contributed by atoms with E-state index in [0.29, 0.717) is 17.7 Å². The van der Waals surface area contributed by atoms with E-state index in [2.05, 4.69) is 10.6 Å². The molecule has 0 spiro atoms. The molecule has 1 aliphatic rings. The number of rotatable bonds is 5. The Balaban J connectivity index is 1.78. The Kier molecular flexibility index (Phi) is 4.52. The zero-order valence-corrected chi connectivity index (χ0v) is 11.6. The summed E-state index contributed by atoms with van der Waals surface area (Å²) in [6, 6.07) is 4.03. The van der Waals surface area contributed by atoms with Crippen molar-refractivity contribution < 1.29 is 18.8 Å². The van der Waals surface area contributed by atoms with Crippen molar-refractivity contribution in [2.45, 2.75) is 19.8 Å². The number of anilines is 1. The van der Waals surface area contributed by atoms with E-state index in [1.807, 2.05) is 0 Å². The average molecular weight is 293 g/mol. The lowest BCUT2D eigenvalue weighted by molar-refractivity contribution is -0.125. The molecule has 0 aromatic heterocycles. The number of halogens is 1. The predicted molar refractivity (Wildman–Crippen MR) is 74.1 cm³/mol. The number of nitrogens with zero attached hydrogens (tertiary/aromatic N) is 1. The third-order valence-corrected chi connectivity index (χ3v) is 3.18. The third kappa shape index (κ3) is 3.77. The smallest absolute Gasteiger partial charge is 0.324 e. The first-order chi connectivity index (χ1) is 9.97. The van der Waals surface area contributed by atoms with Gasteiger partial charge in [0, 0.05) is 18.7 Å². The first-order valence-corrected chi connectivity index (χ1v) is 6.61. The van der Waals surface area contributed by atoms with Crippen LogP contribution in [0.1, 0.15) is 18.4 Å². The van der Waals surface area contributed by atoms with Gasteiger partial charge in [-0.3, -0.25) is 14.5 Å². The highest BCUT2D eigenvalue weighted by atomic mass is 19.1. The van der Waals surface area contributed by atoms with E-state index in [4.69, 9.17) is 0 Å². The maximum Gasteiger partial charge on any atom is 0.324 e. The van der Waals surface area contributed by atoms with Gasteiger partial charge in [0.15, 0.2) is 0 Å². The van der Waals surface area contributed by atoms with Crippen molar-refractivity contribution in [2.24, 2.45) is 0 Å². The van der Waals surface area contributed by atoms with E-state index in [9.17, 15) is 18.8 Å². The third-order valence-electron chi connectivity index (χ3n) is 3.18. The molecule has 0 saturated carbocycles. The van der Waals surface area contributed by atoms with Crippen LogP contribution in [-0.2, 0) is 9.59 Å². The minimum Gasteiger partial charge on any atom is -0.329 e. The summed E-state index contributed by atoms with van der Waals surface area (Å²) in [5, 5.41) is 4.98. The number of urea groups is 1. The normalized spacial score (nSPS) is 14.3. The maximum absolute atomic E-state index is 13.3. The van der Waals surface area contributed by atoms with Crippen LogP contribution in [-0.4, -0.2) is 35.8 Å². The van der Waals surface area contributed by atoms with Gasteiger partial charge in [0.2, 0.25) is 11.8 Å². The first kappa shape index (κ1) is 15.0. The lowest BCUT2D eigenvalue weighted by Crippen LogP contribution is -2.32. The van der Waals surface area contributed by atoms with Crippen molar-refractivity contribution >= 4 is 23.5 Å². The molecule has 0 bridgehead atoms. The van der Waals surface area contributed by atoms with Crippen LogP contribution in [0.2, 0.25) is 0 Å². The van der Waals surface area contributed by atoms with E-state index in [1.54, 1.807) is 19.1 Å². The predicted octanol–water partition coefficient (Wildman–Crippen LogP) is 1.40. The summed E-state index contributed by atoms with van der Waals surface area (Å²) < 4.78 is 13.3. The fourth-order valence-corrected chi connectivity index (χ4v) is 1.97. The number of imide groups is 1. The molecule has 1 saturated heterocycles. The standard InChI is InChI=1S/C14H16FN3O3/c1-9-4-5-10(7-11(9)15)17-12(19)3-2-6-18-13(20)8-16-14(18)21/h4-5,7H,2-3,6,8H2,1H3,(H,16,21)(H,17,19). The Labute approximate surface area is 121 Å². The van der Waals surface area contributed by atoms with Gasteiger partial charge in [0.05, 0.1) is 6.54 Å². The second kappa shape index (κ2) is 6.34. The Morgan fingerprint density at radius 3 is 2.81 bits per heavy atom. The first-order valence-electron chi connectivity index (χ1n) is 6.61. The van der Waals surface area contributed by atoms with E-state index in [0.717, 1.165) is 4.90 Å². The number of benzene rings is 1. The molecule has 0 aliphatic carbocycles. The van der Waals surface area contributed by atoms with E-state index in [-0.39, 0.29) is 37.1 Å². The van der Waals surface area contributed by atoms with Gasteiger partial charge < -0.3 is 10.6 Å². The molecule has 0 radical (unpaired) electrons. The quantitative estimate of drug-likeness (QED) is 0.806. The number of hydrogen-bond donors (Lipinski definition) is 2. The van der Waals surface area contributed by atoms with E-state index in [1.165, 1.54) is 6.07 Å². The number of amides is 4. The lowest BCUT2D eigenvalue weighted by atomic mass is 10.2. The average Bonchev–Trinajstić information content (AvgIpc) is 2.74. The molecular formula is C14H16FN3O3. The molecule has 6 nitrogen and oxygen atoms in total. The summed E-state index contributed by atoms with van der Waals surface area (Å²) >= 11 is 0. The van der Waals surface area contributed by atoms with Crippen molar-refractivity contribution in [1.29, 1.82) is 0 Å². The zero-order valence-electron chi connectivity index (χ0n) is 11.6. The highest BCUT2D eigenvalue weighted by molar-refractivity contribution is 6.02. The lowest BCUT2D eigenvalue weighted by Gasteiger charge is -2.12. The summed E-state index contributed by atoms with van der Waals surface area (Å²) in [7, 11) is 0. The molecule has 21 heavy (non-hydrogen) atoms. The van der Waals surface area contributed by atoms with Gasteiger partial charge in [-0.05, 0) is 31.0 Å². The highest BCUT2D eigenvalue weighted by Gasteiger charge is 2.27. The van der Waals surface area contributed by atoms with E-state index < -0.39 is 6.03 Å². The Bertz CT molecular complexity index is 573. The number of nitrogens with one attached hydrogen (secondary N) is 2. The molecule has 2 N–H and O–H groups in total. The SMILES string of the molecule is Cc1ccc(NC(=O)CCCN2C(=O)CNC2=O)cc1F. The molecule has 1 aromatic rings. The van der Waals surface area contributed by atoms with Gasteiger partial charge in [-0.2, -0.15) is 0 Å². The fourth-order valence-electron chi connectivity index (χ4n) is 1.97. The molecule has 4 amide bonds.